The van der Waals surface area contributed by atoms with Crippen molar-refractivity contribution in [2.45, 2.75) is 45.0 Å². The molecule has 17 heavy (non-hydrogen) atoms. The fourth-order valence-electron chi connectivity index (χ4n) is 2.04. The molecule has 0 aromatic heterocycles. The molecule has 5 heteroatoms. The molecule has 3 nitrogen and oxygen atoms in total. The Hall–Kier alpha value is -0.710. The topological polar surface area (TPSA) is 49.3 Å². The van der Waals surface area contributed by atoms with Gasteiger partial charge in [0.05, 0.1) is 0 Å². The summed E-state index contributed by atoms with van der Waals surface area (Å²) in [4.78, 5) is 11.7. The zero-order valence-electron chi connectivity index (χ0n) is 10.2. The van der Waals surface area contributed by atoms with Crippen LogP contribution >= 0.6 is 0 Å². The minimum Gasteiger partial charge on any atom is -0.396 e. The van der Waals surface area contributed by atoms with E-state index in [1.54, 1.807) is 0 Å². The molecule has 1 rings (SSSR count). The average Bonchev–Trinajstić information content (AvgIpc) is 2.26. The molecule has 1 aliphatic rings. The van der Waals surface area contributed by atoms with Crippen LogP contribution in [0.5, 0.6) is 0 Å². The van der Waals surface area contributed by atoms with Gasteiger partial charge in [-0.2, -0.15) is 0 Å². The van der Waals surface area contributed by atoms with Crippen LogP contribution in [0.2, 0.25) is 0 Å². The lowest BCUT2D eigenvalue weighted by molar-refractivity contribution is -0.129. The molecule has 1 fully saturated rings. The molecule has 0 aromatic carbocycles. The number of carbonyl (C=O) groups excluding carboxylic acids is 1. The van der Waals surface area contributed by atoms with Gasteiger partial charge in [-0.25, -0.2) is 8.78 Å². The van der Waals surface area contributed by atoms with Gasteiger partial charge in [0.2, 0.25) is 11.8 Å². The van der Waals surface area contributed by atoms with Gasteiger partial charge in [0.1, 0.15) is 0 Å². The van der Waals surface area contributed by atoms with E-state index in [2.05, 4.69) is 5.32 Å². The molecular formula is C12H21F2NO2. The normalized spacial score (nSPS) is 22.1. The van der Waals surface area contributed by atoms with E-state index in [-0.39, 0.29) is 50.0 Å². The second-order valence-corrected chi connectivity index (χ2v) is 4.99. The first kappa shape index (κ1) is 14.4. The van der Waals surface area contributed by atoms with E-state index < -0.39 is 5.92 Å². The molecule has 0 aromatic rings. The maximum atomic E-state index is 12.9. The van der Waals surface area contributed by atoms with Crippen LogP contribution in [0.1, 0.15) is 39.0 Å². The van der Waals surface area contributed by atoms with Crippen molar-refractivity contribution >= 4 is 5.91 Å². The predicted octanol–water partition coefficient (Wildman–Crippen LogP) is 1.95. The van der Waals surface area contributed by atoms with E-state index in [0.29, 0.717) is 13.0 Å². The van der Waals surface area contributed by atoms with Crippen LogP contribution in [0.4, 0.5) is 8.78 Å². The van der Waals surface area contributed by atoms with Crippen molar-refractivity contribution in [2.75, 3.05) is 13.2 Å². The molecule has 1 atom stereocenters. The summed E-state index contributed by atoms with van der Waals surface area (Å²) in [6.45, 7) is 2.55. The van der Waals surface area contributed by atoms with Crippen LogP contribution < -0.4 is 5.32 Å². The van der Waals surface area contributed by atoms with Gasteiger partial charge in [0, 0.05) is 31.9 Å². The van der Waals surface area contributed by atoms with Crippen LogP contribution in [0.15, 0.2) is 0 Å². The number of aliphatic hydroxyl groups excluding tert-OH is 1. The number of alkyl halides is 2. The summed E-state index contributed by atoms with van der Waals surface area (Å²) in [6.07, 6.45) is 0.817. The maximum Gasteiger partial charge on any atom is 0.248 e. The Morgan fingerprint density at radius 3 is 2.59 bits per heavy atom. The number of nitrogens with one attached hydrogen (secondary N) is 1. The molecule has 0 bridgehead atoms. The summed E-state index contributed by atoms with van der Waals surface area (Å²) in [7, 11) is 0. The van der Waals surface area contributed by atoms with Crippen LogP contribution in [0, 0.1) is 11.8 Å². The molecule has 0 spiro atoms. The van der Waals surface area contributed by atoms with Gasteiger partial charge in [-0.1, -0.05) is 6.92 Å². The number of hydrogen-bond donors (Lipinski definition) is 2. The standard InChI is InChI=1S/C12H21F2NO2/c1-9(4-7-16)8-15-11(17)10-2-5-12(13,14)6-3-10/h9-10,16H,2-8H2,1H3,(H,15,17). The molecule has 1 aliphatic carbocycles. The number of hydrogen-bond acceptors (Lipinski definition) is 2. The van der Waals surface area contributed by atoms with Crippen LogP contribution in [-0.4, -0.2) is 30.1 Å². The summed E-state index contributed by atoms with van der Waals surface area (Å²) in [6, 6.07) is 0. The first-order valence-corrected chi connectivity index (χ1v) is 6.21. The lowest BCUT2D eigenvalue weighted by Crippen LogP contribution is -2.37. The van der Waals surface area contributed by atoms with Gasteiger partial charge in [-0.15, -0.1) is 0 Å². The van der Waals surface area contributed by atoms with E-state index in [4.69, 9.17) is 5.11 Å². The molecular weight excluding hydrogens is 228 g/mol. The van der Waals surface area contributed by atoms with Crippen LogP contribution in [0.3, 0.4) is 0 Å². The van der Waals surface area contributed by atoms with Gasteiger partial charge in [-0.05, 0) is 25.2 Å². The van der Waals surface area contributed by atoms with Crippen molar-refractivity contribution < 1.29 is 18.7 Å². The summed E-state index contributed by atoms with van der Waals surface area (Å²) < 4.78 is 25.8. The molecule has 0 radical (unpaired) electrons. The average molecular weight is 249 g/mol. The fourth-order valence-corrected chi connectivity index (χ4v) is 2.04. The van der Waals surface area contributed by atoms with Crippen molar-refractivity contribution in [3.63, 3.8) is 0 Å². The van der Waals surface area contributed by atoms with Crippen molar-refractivity contribution in [1.29, 1.82) is 0 Å². The first-order valence-electron chi connectivity index (χ1n) is 6.21. The monoisotopic (exact) mass is 249 g/mol. The quantitative estimate of drug-likeness (QED) is 0.782. The molecule has 2 N–H and O–H groups in total. The Balaban J connectivity index is 2.25. The van der Waals surface area contributed by atoms with Gasteiger partial charge < -0.3 is 10.4 Å². The van der Waals surface area contributed by atoms with E-state index in [1.165, 1.54) is 0 Å². The maximum absolute atomic E-state index is 12.9. The number of amides is 1. The third-order valence-corrected chi connectivity index (χ3v) is 3.33. The number of carbonyl (C=O) groups is 1. The fraction of sp³-hybridized carbons (Fsp3) is 0.917. The van der Waals surface area contributed by atoms with Crippen molar-refractivity contribution in [2.24, 2.45) is 11.8 Å². The number of halogens is 2. The Morgan fingerprint density at radius 1 is 1.47 bits per heavy atom. The highest BCUT2D eigenvalue weighted by Gasteiger charge is 2.37. The highest BCUT2D eigenvalue weighted by molar-refractivity contribution is 5.78. The zero-order chi connectivity index (χ0) is 12.9. The van der Waals surface area contributed by atoms with Crippen molar-refractivity contribution in [3.8, 4) is 0 Å². The smallest absolute Gasteiger partial charge is 0.248 e. The van der Waals surface area contributed by atoms with Gasteiger partial charge in [0.25, 0.3) is 0 Å². The molecule has 1 saturated carbocycles. The van der Waals surface area contributed by atoms with Gasteiger partial charge in [0.15, 0.2) is 0 Å². The highest BCUT2D eigenvalue weighted by Crippen LogP contribution is 2.36. The lowest BCUT2D eigenvalue weighted by atomic mass is 9.86. The zero-order valence-corrected chi connectivity index (χ0v) is 10.2. The second kappa shape index (κ2) is 6.28. The third kappa shape index (κ3) is 4.98. The summed E-state index contributed by atoms with van der Waals surface area (Å²) in [5.74, 6) is -2.75. The van der Waals surface area contributed by atoms with E-state index >= 15 is 0 Å². The minimum absolute atomic E-state index is 0.104. The van der Waals surface area contributed by atoms with Gasteiger partial charge in [-0.3, -0.25) is 4.79 Å². The molecule has 0 heterocycles. The van der Waals surface area contributed by atoms with Gasteiger partial charge >= 0.3 is 0 Å². The van der Waals surface area contributed by atoms with Crippen molar-refractivity contribution in [1.82, 2.24) is 5.32 Å². The largest absolute Gasteiger partial charge is 0.396 e. The summed E-state index contributed by atoms with van der Waals surface area (Å²) >= 11 is 0. The molecule has 0 aliphatic heterocycles. The van der Waals surface area contributed by atoms with E-state index in [0.717, 1.165) is 0 Å². The van der Waals surface area contributed by atoms with Crippen LogP contribution in [-0.2, 0) is 4.79 Å². The predicted molar refractivity (Wildman–Crippen MR) is 60.8 cm³/mol. The summed E-state index contributed by atoms with van der Waals surface area (Å²) in [5, 5.41) is 11.5. The van der Waals surface area contributed by atoms with Crippen LogP contribution in [0.25, 0.3) is 0 Å². The van der Waals surface area contributed by atoms with Crippen molar-refractivity contribution in [3.05, 3.63) is 0 Å². The Morgan fingerprint density at radius 2 is 2.06 bits per heavy atom. The molecule has 1 unspecified atom stereocenters. The minimum atomic E-state index is -2.58. The molecule has 1 amide bonds. The Bertz CT molecular complexity index is 249. The van der Waals surface area contributed by atoms with E-state index in [1.807, 2.05) is 6.92 Å². The lowest BCUT2D eigenvalue weighted by Gasteiger charge is -2.27. The second-order valence-electron chi connectivity index (χ2n) is 4.99. The highest BCUT2D eigenvalue weighted by atomic mass is 19.3. The Kier molecular flexibility index (Phi) is 5.31. The number of aliphatic hydroxyl groups is 1. The molecule has 100 valence electrons. The first-order chi connectivity index (χ1) is 7.94. The Labute approximate surface area is 101 Å². The SMILES string of the molecule is CC(CCO)CNC(=O)C1CCC(F)(F)CC1. The third-order valence-electron chi connectivity index (χ3n) is 3.33. The molecule has 0 saturated heterocycles. The summed E-state index contributed by atoms with van der Waals surface area (Å²) in [5.41, 5.74) is 0. The van der Waals surface area contributed by atoms with E-state index in [9.17, 15) is 13.6 Å². The number of rotatable bonds is 5.